The Balaban J connectivity index is 0.00000312. The van der Waals surface area contributed by atoms with E-state index in [1.54, 1.807) is 12.1 Å². The van der Waals surface area contributed by atoms with Gasteiger partial charge in [-0.25, -0.2) is 0 Å². The third-order valence-electron chi connectivity index (χ3n) is 4.34. The van der Waals surface area contributed by atoms with E-state index >= 15 is 0 Å². The number of hydrogen-bond donors (Lipinski definition) is 2. The molecular weight excluding hydrogens is 354 g/mol. The highest BCUT2D eigenvalue weighted by Crippen LogP contribution is 2.30. The minimum Gasteiger partial charge on any atom is -0.493 e. The van der Waals surface area contributed by atoms with Crippen molar-refractivity contribution in [2.24, 2.45) is 5.73 Å². The van der Waals surface area contributed by atoms with Gasteiger partial charge in [0.05, 0.1) is 12.6 Å². The lowest BCUT2D eigenvalue weighted by atomic mass is 9.82. The van der Waals surface area contributed by atoms with Crippen LogP contribution in [0.2, 0.25) is 0 Å². The van der Waals surface area contributed by atoms with E-state index in [9.17, 15) is 13.6 Å². The molecule has 0 unspecified atom stereocenters. The molecule has 0 spiro atoms. The first-order valence-corrected chi connectivity index (χ1v) is 8.13. The van der Waals surface area contributed by atoms with E-state index in [1.165, 1.54) is 13.2 Å². The highest BCUT2D eigenvalue weighted by Gasteiger charge is 2.34. The van der Waals surface area contributed by atoms with Crippen LogP contribution in [0.15, 0.2) is 18.2 Å². The summed E-state index contributed by atoms with van der Waals surface area (Å²) in [6.45, 7) is -2.53. The van der Waals surface area contributed by atoms with Crippen LogP contribution in [0, 0.1) is 0 Å². The summed E-state index contributed by atoms with van der Waals surface area (Å²) in [5, 5.41) is 2.85. The van der Waals surface area contributed by atoms with Gasteiger partial charge >= 0.3 is 6.61 Å². The summed E-state index contributed by atoms with van der Waals surface area (Å²) in [5.41, 5.74) is 6.16. The molecule has 1 saturated carbocycles. The number of alkyl halides is 2. The summed E-state index contributed by atoms with van der Waals surface area (Å²) in [4.78, 5) is 12.2. The van der Waals surface area contributed by atoms with Gasteiger partial charge < -0.3 is 20.5 Å². The highest BCUT2D eigenvalue weighted by atomic mass is 35.5. The molecule has 1 aliphatic carbocycles. The van der Waals surface area contributed by atoms with Crippen molar-refractivity contribution < 1.29 is 23.0 Å². The smallest absolute Gasteiger partial charge is 0.387 e. The van der Waals surface area contributed by atoms with Gasteiger partial charge in [-0.15, -0.1) is 12.4 Å². The molecule has 0 heterocycles. The number of hydrogen-bond acceptors (Lipinski definition) is 4. The Hall–Kier alpha value is -1.60. The standard InChI is InChI=1S/C17H24F2N2O3.ClH/c1-23-13-6-5-12(11-14(13)24-16(18)19)7-10-21-15(22)17(20)8-3-2-4-9-17;/h5-6,11,16H,2-4,7-10,20H2,1H3,(H,21,22);1H. The third-order valence-corrected chi connectivity index (χ3v) is 4.34. The molecule has 25 heavy (non-hydrogen) atoms. The lowest BCUT2D eigenvalue weighted by Crippen LogP contribution is -2.55. The Bertz CT molecular complexity index is 567. The molecule has 1 aromatic carbocycles. The first-order valence-electron chi connectivity index (χ1n) is 8.13. The Morgan fingerprint density at radius 2 is 1.96 bits per heavy atom. The van der Waals surface area contributed by atoms with Gasteiger partial charge in [0.25, 0.3) is 0 Å². The van der Waals surface area contributed by atoms with Crippen molar-refractivity contribution in [2.75, 3.05) is 13.7 Å². The van der Waals surface area contributed by atoms with E-state index in [2.05, 4.69) is 10.1 Å². The fraction of sp³-hybridized carbons (Fsp3) is 0.588. The Kier molecular flexibility index (Phi) is 8.38. The summed E-state index contributed by atoms with van der Waals surface area (Å²) in [5.74, 6) is 0.0878. The number of carbonyl (C=O) groups excluding carboxylic acids is 1. The molecule has 3 N–H and O–H groups in total. The van der Waals surface area contributed by atoms with E-state index in [4.69, 9.17) is 10.5 Å². The van der Waals surface area contributed by atoms with E-state index in [0.717, 1.165) is 24.8 Å². The van der Waals surface area contributed by atoms with Crippen LogP contribution in [0.4, 0.5) is 8.78 Å². The first kappa shape index (κ1) is 21.4. The zero-order chi connectivity index (χ0) is 17.6. The van der Waals surface area contributed by atoms with Gasteiger partial charge in [0.1, 0.15) is 0 Å². The monoisotopic (exact) mass is 378 g/mol. The van der Waals surface area contributed by atoms with Crippen LogP contribution in [0.1, 0.15) is 37.7 Å². The Labute approximate surface area is 152 Å². The first-order chi connectivity index (χ1) is 11.4. The van der Waals surface area contributed by atoms with Gasteiger partial charge in [-0.2, -0.15) is 8.78 Å². The number of nitrogens with one attached hydrogen (secondary N) is 1. The number of benzene rings is 1. The molecule has 2 rings (SSSR count). The number of carbonyl (C=O) groups is 1. The topological polar surface area (TPSA) is 73.6 Å². The number of nitrogens with two attached hydrogens (primary N) is 1. The van der Waals surface area contributed by atoms with Crippen molar-refractivity contribution in [1.29, 1.82) is 0 Å². The molecule has 0 bridgehead atoms. The maximum Gasteiger partial charge on any atom is 0.387 e. The van der Waals surface area contributed by atoms with Crippen LogP contribution in [-0.2, 0) is 11.2 Å². The minimum absolute atomic E-state index is 0. The molecule has 1 fully saturated rings. The number of halogens is 3. The average molecular weight is 379 g/mol. The molecule has 8 heteroatoms. The predicted octanol–water partition coefficient (Wildman–Crippen LogP) is 3.04. The average Bonchev–Trinajstić information content (AvgIpc) is 2.55. The van der Waals surface area contributed by atoms with Crippen molar-refractivity contribution in [1.82, 2.24) is 5.32 Å². The summed E-state index contributed by atoms with van der Waals surface area (Å²) in [6, 6.07) is 4.82. The molecule has 0 aliphatic heterocycles. The van der Waals surface area contributed by atoms with Crippen LogP contribution in [0.25, 0.3) is 0 Å². The van der Waals surface area contributed by atoms with Gasteiger partial charge in [-0.05, 0) is 37.0 Å². The van der Waals surface area contributed by atoms with E-state index in [1.807, 2.05) is 0 Å². The normalized spacial score (nSPS) is 16.0. The molecular formula is C17H25ClF2N2O3. The molecule has 142 valence electrons. The molecule has 1 aliphatic rings. The van der Waals surface area contributed by atoms with Gasteiger partial charge in [0, 0.05) is 6.54 Å². The zero-order valence-corrected chi connectivity index (χ0v) is 15.0. The third kappa shape index (κ3) is 6.01. The molecule has 5 nitrogen and oxygen atoms in total. The Morgan fingerprint density at radius 1 is 1.28 bits per heavy atom. The summed E-state index contributed by atoms with van der Waals surface area (Å²) < 4.78 is 34.3. The maximum absolute atomic E-state index is 12.4. The van der Waals surface area contributed by atoms with Gasteiger partial charge in [-0.1, -0.05) is 25.3 Å². The molecule has 0 atom stereocenters. The van der Waals surface area contributed by atoms with Crippen molar-refractivity contribution in [3.8, 4) is 11.5 Å². The van der Waals surface area contributed by atoms with E-state index < -0.39 is 12.2 Å². The molecule has 1 aromatic rings. The lowest BCUT2D eigenvalue weighted by Gasteiger charge is -2.31. The van der Waals surface area contributed by atoms with Gasteiger partial charge in [-0.3, -0.25) is 4.79 Å². The number of amides is 1. The minimum atomic E-state index is -2.92. The number of rotatable bonds is 7. The van der Waals surface area contributed by atoms with Gasteiger partial charge in [0.15, 0.2) is 11.5 Å². The summed E-state index contributed by atoms with van der Waals surface area (Å²) >= 11 is 0. The van der Waals surface area contributed by atoms with Crippen LogP contribution < -0.4 is 20.5 Å². The van der Waals surface area contributed by atoms with Crippen molar-refractivity contribution in [3.05, 3.63) is 23.8 Å². The largest absolute Gasteiger partial charge is 0.493 e. The van der Waals surface area contributed by atoms with Gasteiger partial charge in [0.2, 0.25) is 5.91 Å². The van der Waals surface area contributed by atoms with Crippen molar-refractivity contribution >= 4 is 18.3 Å². The summed E-state index contributed by atoms with van der Waals surface area (Å²) in [6.07, 6.45) is 4.95. The fourth-order valence-electron chi connectivity index (χ4n) is 2.97. The second kappa shape index (κ2) is 9.77. The molecule has 0 saturated heterocycles. The quantitative estimate of drug-likeness (QED) is 0.764. The van der Waals surface area contributed by atoms with Crippen molar-refractivity contribution in [2.45, 2.75) is 50.7 Å². The van der Waals surface area contributed by atoms with E-state index in [-0.39, 0.29) is 29.8 Å². The number of ether oxygens (including phenoxy) is 2. The van der Waals surface area contributed by atoms with Crippen LogP contribution >= 0.6 is 12.4 Å². The molecule has 0 aromatic heterocycles. The number of methoxy groups -OCH3 is 1. The molecule has 1 amide bonds. The molecule has 0 radical (unpaired) electrons. The van der Waals surface area contributed by atoms with E-state index in [0.29, 0.717) is 25.8 Å². The Morgan fingerprint density at radius 3 is 2.56 bits per heavy atom. The van der Waals surface area contributed by atoms with Crippen LogP contribution in [-0.4, -0.2) is 31.7 Å². The fourth-order valence-corrected chi connectivity index (χ4v) is 2.97. The van der Waals surface area contributed by atoms with Crippen molar-refractivity contribution in [3.63, 3.8) is 0 Å². The second-order valence-corrected chi connectivity index (χ2v) is 6.09. The van der Waals surface area contributed by atoms with Crippen LogP contribution in [0.3, 0.4) is 0 Å². The highest BCUT2D eigenvalue weighted by molar-refractivity contribution is 5.86. The second-order valence-electron chi connectivity index (χ2n) is 6.09. The maximum atomic E-state index is 12.4. The summed E-state index contributed by atoms with van der Waals surface area (Å²) in [7, 11) is 1.39. The lowest BCUT2D eigenvalue weighted by molar-refractivity contribution is -0.127. The predicted molar refractivity (Wildman–Crippen MR) is 93.6 cm³/mol. The SMILES string of the molecule is COc1ccc(CCNC(=O)C2(N)CCCCC2)cc1OC(F)F.Cl. The van der Waals surface area contributed by atoms with Crippen LogP contribution in [0.5, 0.6) is 11.5 Å². The zero-order valence-electron chi connectivity index (χ0n) is 14.2.